The Morgan fingerprint density at radius 3 is 1.37 bits per heavy atom. The largest absolute Gasteiger partial charge is 0.460 e. The molecule has 0 aliphatic heterocycles. The van der Waals surface area contributed by atoms with Gasteiger partial charge in [-0.2, -0.15) is 0 Å². The lowest BCUT2D eigenvalue weighted by Crippen LogP contribution is -2.50. The lowest BCUT2D eigenvalue weighted by atomic mass is 10.1. The molecule has 0 aromatic carbocycles. The van der Waals surface area contributed by atoms with Crippen LogP contribution in [0.15, 0.2) is 0 Å². The number of nitrogens with one attached hydrogen (secondary N) is 2. The summed E-state index contributed by atoms with van der Waals surface area (Å²) in [5.41, 5.74) is -1.37. The molecule has 0 aromatic heterocycles. The van der Waals surface area contributed by atoms with E-state index in [1.165, 1.54) is 128 Å². The van der Waals surface area contributed by atoms with Crippen molar-refractivity contribution in [2.75, 3.05) is 26.4 Å². The van der Waals surface area contributed by atoms with Crippen LogP contribution < -0.4 is 10.6 Å². The van der Waals surface area contributed by atoms with Crippen LogP contribution in [0.3, 0.4) is 0 Å². The van der Waals surface area contributed by atoms with Gasteiger partial charge in [0.05, 0.1) is 12.7 Å². The van der Waals surface area contributed by atoms with E-state index in [4.69, 9.17) is 18.9 Å². The SMILES string of the molecule is CCCCCCCCCCCCCCOCC(CNC(=O)[C@H](CCC(=O)OC(C)(C)C)NC(=O)OC(C)(C)C)OCCCCCCCCCCCCCC. The number of rotatable bonds is 36. The molecule has 2 amide bonds. The Kier molecular flexibility index (Phi) is 33.2. The summed E-state index contributed by atoms with van der Waals surface area (Å²) in [6.07, 6.45) is 30.0. The first-order chi connectivity index (χ1) is 25.8. The molecule has 0 aromatic rings. The van der Waals surface area contributed by atoms with Crippen molar-refractivity contribution < 1.29 is 33.3 Å². The number of ether oxygens (including phenoxy) is 4. The van der Waals surface area contributed by atoms with Crippen LogP contribution in [0.2, 0.25) is 0 Å². The van der Waals surface area contributed by atoms with Gasteiger partial charge in [0.2, 0.25) is 5.91 Å². The van der Waals surface area contributed by atoms with Crippen molar-refractivity contribution >= 4 is 18.0 Å². The van der Waals surface area contributed by atoms with E-state index in [0.717, 1.165) is 25.7 Å². The second-order valence-electron chi connectivity index (χ2n) is 17.4. The fourth-order valence-corrected chi connectivity index (χ4v) is 6.33. The second kappa shape index (κ2) is 34.4. The lowest BCUT2D eigenvalue weighted by Gasteiger charge is -2.25. The van der Waals surface area contributed by atoms with Crippen LogP contribution in [0.25, 0.3) is 0 Å². The van der Waals surface area contributed by atoms with E-state index in [-0.39, 0.29) is 25.5 Å². The summed E-state index contributed by atoms with van der Waals surface area (Å²) in [5.74, 6) is -0.828. The van der Waals surface area contributed by atoms with Crippen LogP contribution in [-0.4, -0.2) is 67.7 Å². The summed E-state index contributed by atoms with van der Waals surface area (Å²) < 4.78 is 23.1. The molecule has 54 heavy (non-hydrogen) atoms. The molecule has 0 spiro atoms. The Morgan fingerprint density at radius 2 is 0.944 bits per heavy atom. The number of unbranched alkanes of at least 4 members (excludes halogenated alkanes) is 22. The van der Waals surface area contributed by atoms with Gasteiger partial charge in [0.1, 0.15) is 17.2 Å². The highest BCUT2D eigenvalue weighted by Gasteiger charge is 2.27. The van der Waals surface area contributed by atoms with Gasteiger partial charge in [-0.1, -0.05) is 155 Å². The highest BCUT2D eigenvalue weighted by atomic mass is 16.6. The summed E-state index contributed by atoms with van der Waals surface area (Å²) in [5, 5.41) is 5.61. The van der Waals surface area contributed by atoms with Gasteiger partial charge in [-0.05, 0) is 60.8 Å². The van der Waals surface area contributed by atoms with Crippen LogP contribution in [0.1, 0.15) is 222 Å². The van der Waals surface area contributed by atoms with E-state index < -0.39 is 35.2 Å². The van der Waals surface area contributed by atoms with E-state index in [0.29, 0.717) is 19.8 Å². The molecular formula is C45H88N2O7. The molecule has 9 heteroatoms. The van der Waals surface area contributed by atoms with Crippen molar-refractivity contribution in [2.45, 2.75) is 246 Å². The summed E-state index contributed by atoms with van der Waals surface area (Å²) in [6, 6.07) is -0.966. The van der Waals surface area contributed by atoms with Crippen molar-refractivity contribution in [1.29, 1.82) is 0 Å². The normalized spacial score (nSPS) is 13.0. The summed E-state index contributed by atoms with van der Waals surface area (Å²) >= 11 is 0. The number of alkyl carbamates (subject to hydrolysis) is 1. The molecule has 0 aliphatic rings. The number of carbonyl (C=O) groups excluding carboxylic acids is 3. The zero-order chi connectivity index (χ0) is 40.3. The molecule has 0 bridgehead atoms. The van der Waals surface area contributed by atoms with Gasteiger partial charge in [-0.3, -0.25) is 9.59 Å². The zero-order valence-electron chi connectivity index (χ0n) is 36.7. The lowest BCUT2D eigenvalue weighted by molar-refractivity contribution is -0.155. The third-order valence-corrected chi connectivity index (χ3v) is 9.37. The van der Waals surface area contributed by atoms with Crippen molar-refractivity contribution in [3.8, 4) is 0 Å². The van der Waals surface area contributed by atoms with Crippen LogP contribution in [-0.2, 0) is 28.5 Å². The minimum absolute atomic E-state index is 0.0216. The van der Waals surface area contributed by atoms with Crippen LogP contribution in [0.5, 0.6) is 0 Å². The number of hydrogen-bond donors (Lipinski definition) is 2. The van der Waals surface area contributed by atoms with Gasteiger partial charge in [0, 0.05) is 26.2 Å². The first-order valence-corrected chi connectivity index (χ1v) is 22.5. The molecule has 0 saturated heterocycles. The number of carbonyl (C=O) groups is 3. The fourth-order valence-electron chi connectivity index (χ4n) is 6.33. The van der Waals surface area contributed by atoms with Crippen LogP contribution >= 0.6 is 0 Å². The molecule has 320 valence electrons. The van der Waals surface area contributed by atoms with Gasteiger partial charge in [0.15, 0.2) is 0 Å². The maximum atomic E-state index is 13.4. The molecule has 2 N–H and O–H groups in total. The smallest absolute Gasteiger partial charge is 0.408 e. The standard InChI is InChI=1S/C45H88N2O7/c1-9-11-13-15-17-19-21-23-25-27-29-31-35-51-38-39(52-36-32-30-28-26-24-22-20-18-16-14-12-10-2)37-46-42(49)40(47-43(50)54-45(6,7)8)33-34-41(48)53-44(3,4)5/h39-40H,9-38H2,1-8H3,(H,46,49)(H,47,50)/t39?,40-/m0/s1. The van der Waals surface area contributed by atoms with Gasteiger partial charge in [-0.25, -0.2) is 4.79 Å². The predicted octanol–water partition coefficient (Wildman–Crippen LogP) is 11.9. The van der Waals surface area contributed by atoms with Crippen molar-refractivity contribution in [2.24, 2.45) is 0 Å². The van der Waals surface area contributed by atoms with Gasteiger partial charge in [0.25, 0.3) is 0 Å². The summed E-state index contributed by atoms with van der Waals surface area (Å²) in [7, 11) is 0. The Morgan fingerprint density at radius 1 is 0.537 bits per heavy atom. The Balaban J connectivity index is 4.86. The second-order valence-corrected chi connectivity index (χ2v) is 17.4. The molecule has 1 unspecified atom stereocenters. The first kappa shape index (κ1) is 52.1. The maximum Gasteiger partial charge on any atom is 0.408 e. The van der Waals surface area contributed by atoms with Crippen molar-refractivity contribution in [1.82, 2.24) is 10.6 Å². The van der Waals surface area contributed by atoms with E-state index in [2.05, 4.69) is 24.5 Å². The molecule has 0 aliphatic carbocycles. The minimum Gasteiger partial charge on any atom is -0.460 e. The average Bonchev–Trinajstić information content (AvgIpc) is 3.09. The zero-order valence-corrected chi connectivity index (χ0v) is 36.7. The summed E-state index contributed by atoms with van der Waals surface area (Å²) in [6.45, 7) is 17.1. The van der Waals surface area contributed by atoms with Gasteiger partial charge < -0.3 is 29.6 Å². The van der Waals surface area contributed by atoms with Crippen LogP contribution in [0, 0.1) is 0 Å². The number of hydrogen-bond acceptors (Lipinski definition) is 7. The Bertz CT molecular complexity index is 899. The molecule has 0 heterocycles. The number of esters is 1. The highest BCUT2D eigenvalue weighted by Crippen LogP contribution is 2.15. The van der Waals surface area contributed by atoms with E-state index in [1.54, 1.807) is 41.5 Å². The quantitative estimate of drug-likeness (QED) is 0.0482. The fraction of sp³-hybridized carbons (Fsp3) is 0.933. The van der Waals surface area contributed by atoms with Crippen LogP contribution in [0.4, 0.5) is 4.79 Å². The minimum atomic E-state index is -0.966. The Labute approximate surface area is 333 Å². The molecular weight excluding hydrogens is 681 g/mol. The summed E-state index contributed by atoms with van der Waals surface area (Å²) in [4.78, 5) is 38.5. The number of amides is 2. The Hall–Kier alpha value is -1.87. The molecule has 2 atom stereocenters. The predicted molar refractivity (Wildman–Crippen MR) is 224 cm³/mol. The van der Waals surface area contributed by atoms with Crippen molar-refractivity contribution in [3.05, 3.63) is 0 Å². The monoisotopic (exact) mass is 769 g/mol. The molecule has 0 saturated carbocycles. The first-order valence-electron chi connectivity index (χ1n) is 22.5. The highest BCUT2D eigenvalue weighted by molar-refractivity contribution is 5.86. The topological polar surface area (TPSA) is 112 Å². The van der Waals surface area contributed by atoms with Gasteiger partial charge in [-0.15, -0.1) is 0 Å². The van der Waals surface area contributed by atoms with E-state index in [9.17, 15) is 14.4 Å². The van der Waals surface area contributed by atoms with Crippen molar-refractivity contribution in [3.63, 3.8) is 0 Å². The van der Waals surface area contributed by atoms with Gasteiger partial charge >= 0.3 is 12.1 Å². The molecule has 0 rings (SSSR count). The molecule has 0 radical (unpaired) electrons. The van der Waals surface area contributed by atoms with E-state index >= 15 is 0 Å². The molecule has 0 fully saturated rings. The third-order valence-electron chi connectivity index (χ3n) is 9.37. The molecule has 9 nitrogen and oxygen atoms in total. The van der Waals surface area contributed by atoms with E-state index in [1.807, 2.05) is 0 Å². The average molecular weight is 769 g/mol. The maximum absolute atomic E-state index is 13.4. The third kappa shape index (κ3) is 37.1.